The lowest BCUT2D eigenvalue weighted by Gasteiger charge is -2.36. The third-order valence-corrected chi connectivity index (χ3v) is 4.24. The summed E-state index contributed by atoms with van der Waals surface area (Å²) in [7, 11) is 0. The molecule has 4 heteroatoms. The molecule has 98 valence electrons. The van der Waals surface area contributed by atoms with E-state index in [1.54, 1.807) is 0 Å². The fraction of sp³-hybridized carbons (Fsp3) is 0.923. The molecule has 4 nitrogen and oxygen atoms in total. The summed E-state index contributed by atoms with van der Waals surface area (Å²) in [6.07, 6.45) is 7.13. The molecule has 0 aromatic heterocycles. The lowest BCUT2D eigenvalue weighted by atomic mass is 9.94. The van der Waals surface area contributed by atoms with E-state index >= 15 is 0 Å². The van der Waals surface area contributed by atoms with Crippen molar-refractivity contribution in [3.05, 3.63) is 0 Å². The van der Waals surface area contributed by atoms with E-state index < -0.39 is 0 Å². The van der Waals surface area contributed by atoms with Crippen LogP contribution in [0.3, 0.4) is 0 Å². The van der Waals surface area contributed by atoms with Crippen LogP contribution in [-0.4, -0.2) is 36.1 Å². The first-order valence-electron chi connectivity index (χ1n) is 6.98. The fourth-order valence-corrected chi connectivity index (χ4v) is 2.80. The molecule has 17 heavy (non-hydrogen) atoms. The number of carbonyl (C=O) groups excluding carboxylic acids is 1. The Morgan fingerprint density at radius 1 is 1.24 bits per heavy atom. The second-order valence-electron chi connectivity index (χ2n) is 5.66. The van der Waals surface area contributed by atoms with Gasteiger partial charge in [-0.1, -0.05) is 26.2 Å². The maximum absolute atomic E-state index is 12.1. The van der Waals surface area contributed by atoms with E-state index in [0.29, 0.717) is 18.5 Å². The van der Waals surface area contributed by atoms with E-state index in [0.717, 1.165) is 25.8 Å². The lowest BCUT2D eigenvalue weighted by Crippen LogP contribution is -2.54. The first-order chi connectivity index (χ1) is 8.16. The molecule has 1 aliphatic carbocycles. The first-order valence-corrected chi connectivity index (χ1v) is 6.98. The summed E-state index contributed by atoms with van der Waals surface area (Å²) >= 11 is 0. The van der Waals surface area contributed by atoms with Crippen LogP contribution < -0.4 is 11.1 Å². The summed E-state index contributed by atoms with van der Waals surface area (Å²) in [5, 5.41) is 3.16. The summed E-state index contributed by atoms with van der Waals surface area (Å²) in [6.45, 7) is 3.73. The minimum Gasteiger partial charge on any atom is -0.335 e. The molecule has 2 amide bonds. The number of rotatable bonds is 1. The second-order valence-corrected chi connectivity index (χ2v) is 5.66. The van der Waals surface area contributed by atoms with Crippen molar-refractivity contribution in [1.82, 2.24) is 10.2 Å². The quantitative estimate of drug-likeness (QED) is 0.731. The van der Waals surface area contributed by atoms with Gasteiger partial charge >= 0.3 is 6.03 Å². The Hall–Kier alpha value is -0.770. The van der Waals surface area contributed by atoms with E-state index in [-0.39, 0.29) is 12.1 Å². The van der Waals surface area contributed by atoms with Gasteiger partial charge in [0.15, 0.2) is 0 Å². The fourth-order valence-electron chi connectivity index (χ4n) is 2.80. The van der Waals surface area contributed by atoms with Crippen LogP contribution in [0, 0.1) is 5.92 Å². The van der Waals surface area contributed by atoms with Crippen LogP contribution in [0.2, 0.25) is 0 Å². The maximum Gasteiger partial charge on any atom is 0.317 e. The van der Waals surface area contributed by atoms with Gasteiger partial charge in [-0.2, -0.15) is 0 Å². The van der Waals surface area contributed by atoms with Gasteiger partial charge in [-0.05, 0) is 25.2 Å². The van der Waals surface area contributed by atoms with E-state index in [1.807, 2.05) is 4.90 Å². The molecule has 3 N–H and O–H groups in total. The number of hydrogen-bond acceptors (Lipinski definition) is 2. The highest BCUT2D eigenvalue weighted by Crippen LogP contribution is 2.19. The predicted molar refractivity (Wildman–Crippen MR) is 68.7 cm³/mol. The SMILES string of the molecule is CC1CCN(C(=O)NC2CCCCC2)CC1N. The van der Waals surface area contributed by atoms with Gasteiger partial charge in [-0.15, -0.1) is 0 Å². The van der Waals surface area contributed by atoms with E-state index in [2.05, 4.69) is 12.2 Å². The van der Waals surface area contributed by atoms with Crippen LogP contribution in [0.15, 0.2) is 0 Å². The highest BCUT2D eigenvalue weighted by atomic mass is 16.2. The number of nitrogens with one attached hydrogen (secondary N) is 1. The Morgan fingerprint density at radius 3 is 2.59 bits per heavy atom. The van der Waals surface area contributed by atoms with Crippen molar-refractivity contribution in [2.24, 2.45) is 11.7 Å². The third kappa shape index (κ3) is 3.35. The van der Waals surface area contributed by atoms with Crippen molar-refractivity contribution in [3.8, 4) is 0 Å². The average Bonchev–Trinajstić information content (AvgIpc) is 2.34. The molecule has 0 radical (unpaired) electrons. The second kappa shape index (κ2) is 5.71. The molecular formula is C13H25N3O. The number of amides is 2. The molecule has 1 heterocycles. The zero-order valence-corrected chi connectivity index (χ0v) is 10.8. The summed E-state index contributed by atoms with van der Waals surface area (Å²) in [5.74, 6) is 0.536. The highest BCUT2D eigenvalue weighted by molar-refractivity contribution is 5.74. The molecule has 2 unspecified atom stereocenters. The lowest BCUT2D eigenvalue weighted by molar-refractivity contribution is 0.157. The summed E-state index contributed by atoms with van der Waals surface area (Å²) in [5.41, 5.74) is 6.02. The highest BCUT2D eigenvalue weighted by Gasteiger charge is 2.27. The van der Waals surface area contributed by atoms with Gasteiger partial charge in [-0.25, -0.2) is 4.79 Å². The zero-order valence-electron chi connectivity index (χ0n) is 10.8. The molecule has 0 bridgehead atoms. The largest absolute Gasteiger partial charge is 0.335 e. The van der Waals surface area contributed by atoms with Crippen molar-refractivity contribution in [2.75, 3.05) is 13.1 Å². The third-order valence-electron chi connectivity index (χ3n) is 4.24. The molecule has 1 saturated heterocycles. The van der Waals surface area contributed by atoms with Gasteiger partial charge < -0.3 is 16.0 Å². The molecule has 2 rings (SSSR count). The van der Waals surface area contributed by atoms with Gasteiger partial charge in [0.1, 0.15) is 0 Å². The van der Waals surface area contributed by atoms with Crippen LogP contribution in [0.5, 0.6) is 0 Å². The summed E-state index contributed by atoms with van der Waals surface area (Å²) in [6, 6.07) is 0.631. The van der Waals surface area contributed by atoms with Gasteiger partial charge in [0.2, 0.25) is 0 Å². The first kappa shape index (κ1) is 12.7. The summed E-state index contributed by atoms with van der Waals surface area (Å²) in [4.78, 5) is 14.0. The Balaban J connectivity index is 1.79. The number of urea groups is 1. The molecule has 0 spiro atoms. The van der Waals surface area contributed by atoms with Crippen LogP contribution >= 0.6 is 0 Å². The van der Waals surface area contributed by atoms with Gasteiger partial charge in [-0.3, -0.25) is 0 Å². The molecule has 2 fully saturated rings. The Morgan fingerprint density at radius 2 is 1.94 bits per heavy atom. The zero-order chi connectivity index (χ0) is 12.3. The number of nitrogens with two attached hydrogens (primary N) is 1. The van der Waals surface area contributed by atoms with Crippen molar-refractivity contribution < 1.29 is 4.79 Å². The molecule has 2 aliphatic rings. The van der Waals surface area contributed by atoms with Gasteiger partial charge in [0.05, 0.1) is 0 Å². The molecule has 0 aromatic rings. The summed E-state index contributed by atoms with van der Waals surface area (Å²) < 4.78 is 0. The van der Waals surface area contributed by atoms with Gasteiger partial charge in [0.25, 0.3) is 0 Å². The Kier molecular flexibility index (Phi) is 4.26. The molecule has 1 aliphatic heterocycles. The molecule has 0 aromatic carbocycles. The number of piperidine rings is 1. The standard InChI is InChI=1S/C13H25N3O/c1-10-7-8-16(9-12(10)14)13(17)15-11-5-3-2-4-6-11/h10-12H,2-9,14H2,1H3,(H,15,17). The van der Waals surface area contributed by atoms with Crippen LogP contribution in [0.4, 0.5) is 4.79 Å². The van der Waals surface area contributed by atoms with E-state index in [1.165, 1.54) is 19.3 Å². The van der Waals surface area contributed by atoms with Crippen molar-refractivity contribution >= 4 is 6.03 Å². The van der Waals surface area contributed by atoms with Crippen molar-refractivity contribution in [3.63, 3.8) is 0 Å². The smallest absolute Gasteiger partial charge is 0.317 e. The number of nitrogens with zero attached hydrogens (tertiary/aromatic N) is 1. The predicted octanol–water partition coefficient (Wildman–Crippen LogP) is 1.70. The topological polar surface area (TPSA) is 58.4 Å². The van der Waals surface area contributed by atoms with Crippen LogP contribution in [0.25, 0.3) is 0 Å². The minimum atomic E-state index is 0.0965. The minimum absolute atomic E-state index is 0.0965. The van der Waals surface area contributed by atoms with E-state index in [4.69, 9.17) is 5.73 Å². The molecule has 1 saturated carbocycles. The van der Waals surface area contributed by atoms with Gasteiger partial charge in [0, 0.05) is 25.2 Å². The monoisotopic (exact) mass is 239 g/mol. The van der Waals surface area contributed by atoms with E-state index in [9.17, 15) is 4.79 Å². The average molecular weight is 239 g/mol. The number of hydrogen-bond donors (Lipinski definition) is 2. The molecular weight excluding hydrogens is 214 g/mol. The van der Waals surface area contributed by atoms with Crippen molar-refractivity contribution in [1.29, 1.82) is 0 Å². The Labute approximate surface area is 104 Å². The number of likely N-dealkylation sites (tertiary alicyclic amines) is 1. The Bertz CT molecular complexity index is 263. The number of carbonyl (C=O) groups is 1. The van der Waals surface area contributed by atoms with Crippen molar-refractivity contribution in [2.45, 2.75) is 57.5 Å². The molecule has 2 atom stereocenters. The van der Waals surface area contributed by atoms with Crippen LogP contribution in [0.1, 0.15) is 45.4 Å². The van der Waals surface area contributed by atoms with Crippen LogP contribution in [-0.2, 0) is 0 Å². The normalized spacial score (nSPS) is 31.3. The maximum atomic E-state index is 12.1.